The minimum atomic E-state index is 0.487. The van der Waals surface area contributed by atoms with Gasteiger partial charge >= 0.3 is 0 Å². The minimum absolute atomic E-state index is 0.487. The lowest BCUT2D eigenvalue weighted by Gasteiger charge is -2.25. The molecule has 1 fully saturated rings. The number of ether oxygens (including phenoxy) is 1. The summed E-state index contributed by atoms with van der Waals surface area (Å²) in [4.78, 5) is 0. The summed E-state index contributed by atoms with van der Waals surface area (Å²) in [5, 5.41) is 0.587. The maximum atomic E-state index is 5.45. The van der Waals surface area contributed by atoms with Crippen molar-refractivity contribution in [1.29, 1.82) is 0 Å². The third-order valence-corrected chi connectivity index (χ3v) is 2.26. The van der Waals surface area contributed by atoms with Gasteiger partial charge in [0.1, 0.15) is 0 Å². The van der Waals surface area contributed by atoms with Crippen LogP contribution in [0, 0.1) is 0 Å². The molecule has 0 aromatic heterocycles. The molecule has 0 bridgehead atoms. The molecule has 1 aliphatic rings. The van der Waals surface area contributed by atoms with Crippen LogP contribution in [0.25, 0.3) is 0 Å². The van der Waals surface area contributed by atoms with Gasteiger partial charge in [-0.2, -0.15) is 12.6 Å². The maximum absolute atomic E-state index is 5.45. The van der Waals surface area contributed by atoms with E-state index in [1.807, 2.05) is 0 Å². The highest BCUT2D eigenvalue weighted by atomic mass is 32.1. The summed E-state index contributed by atoms with van der Waals surface area (Å²) in [7, 11) is 0. The SMILES string of the molecule is CCC1CC(S)CCO1. The quantitative estimate of drug-likeness (QED) is 0.556. The Morgan fingerprint density at radius 3 is 2.89 bits per heavy atom. The molecule has 0 saturated carbocycles. The van der Waals surface area contributed by atoms with E-state index < -0.39 is 0 Å². The van der Waals surface area contributed by atoms with E-state index in [1.54, 1.807) is 0 Å². The number of hydrogen-bond acceptors (Lipinski definition) is 2. The Labute approximate surface area is 62.2 Å². The molecule has 1 nitrogen and oxygen atoms in total. The molecular formula is C7H14OS. The van der Waals surface area contributed by atoms with Crippen LogP contribution in [0.2, 0.25) is 0 Å². The van der Waals surface area contributed by atoms with Crippen LogP contribution < -0.4 is 0 Å². The first kappa shape index (κ1) is 7.42. The summed E-state index contributed by atoms with van der Waals surface area (Å²) in [5.41, 5.74) is 0. The van der Waals surface area contributed by atoms with Gasteiger partial charge in [0.05, 0.1) is 6.10 Å². The summed E-state index contributed by atoms with van der Waals surface area (Å²) in [6.07, 6.45) is 3.89. The first-order chi connectivity index (χ1) is 4.33. The van der Waals surface area contributed by atoms with Gasteiger partial charge in [-0.15, -0.1) is 0 Å². The normalized spacial score (nSPS) is 36.7. The first-order valence-electron chi connectivity index (χ1n) is 3.62. The predicted molar refractivity (Wildman–Crippen MR) is 42.0 cm³/mol. The van der Waals surface area contributed by atoms with Gasteiger partial charge in [0.15, 0.2) is 0 Å². The zero-order chi connectivity index (χ0) is 6.69. The topological polar surface area (TPSA) is 9.23 Å². The third kappa shape index (κ3) is 2.18. The Hall–Kier alpha value is 0.310. The summed E-state index contributed by atoms with van der Waals surface area (Å²) in [6, 6.07) is 0. The molecule has 0 spiro atoms. The van der Waals surface area contributed by atoms with Crippen LogP contribution in [0.3, 0.4) is 0 Å². The fourth-order valence-electron chi connectivity index (χ4n) is 1.14. The zero-order valence-electron chi connectivity index (χ0n) is 5.84. The van der Waals surface area contributed by atoms with Crippen molar-refractivity contribution >= 4 is 12.6 Å². The molecule has 1 rings (SSSR count). The minimum Gasteiger partial charge on any atom is -0.378 e. The summed E-state index contributed by atoms with van der Waals surface area (Å²) >= 11 is 4.39. The van der Waals surface area contributed by atoms with E-state index in [0.29, 0.717) is 11.4 Å². The Morgan fingerprint density at radius 2 is 2.44 bits per heavy atom. The molecule has 54 valence electrons. The van der Waals surface area contributed by atoms with E-state index in [4.69, 9.17) is 4.74 Å². The van der Waals surface area contributed by atoms with Gasteiger partial charge < -0.3 is 4.74 Å². The first-order valence-corrected chi connectivity index (χ1v) is 4.14. The third-order valence-electron chi connectivity index (χ3n) is 1.79. The van der Waals surface area contributed by atoms with Crippen LogP contribution in [-0.4, -0.2) is 18.0 Å². The Morgan fingerprint density at radius 1 is 1.67 bits per heavy atom. The van der Waals surface area contributed by atoms with Crippen LogP contribution in [0.4, 0.5) is 0 Å². The molecule has 0 radical (unpaired) electrons. The fourth-order valence-corrected chi connectivity index (χ4v) is 1.49. The highest BCUT2D eigenvalue weighted by Crippen LogP contribution is 2.19. The van der Waals surface area contributed by atoms with Crippen molar-refractivity contribution in [3.05, 3.63) is 0 Å². The molecule has 2 heteroatoms. The van der Waals surface area contributed by atoms with E-state index in [2.05, 4.69) is 19.6 Å². The van der Waals surface area contributed by atoms with E-state index in [-0.39, 0.29) is 0 Å². The Kier molecular flexibility index (Phi) is 2.86. The second-order valence-electron chi connectivity index (χ2n) is 2.58. The average Bonchev–Trinajstić information content (AvgIpc) is 1.88. The second kappa shape index (κ2) is 3.47. The molecule has 0 aliphatic carbocycles. The lowest BCUT2D eigenvalue weighted by Crippen LogP contribution is -2.25. The zero-order valence-corrected chi connectivity index (χ0v) is 6.73. The number of rotatable bonds is 1. The molecule has 9 heavy (non-hydrogen) atoms. The molecule has 0 N–H and O–H groups in total. The lowest BCUT2D eigenvalue weighted by molar-refractivity contribution is 0.0173. The molecule has 0 aromatic rings. The van der Waals surface area contributed by atoms with E-state index in [0.717, 1.165) is 25.9 Å². The highest BCUT2D eigenvalue weighted by molar-refractivity contribution is 7.80. The van der Waals surface area contributed by atoms with Crippen molar-refractivity contribution in [2.45, 2.75) is 37.5 Å². The second-order valence-corrected chi connectivity index (χ2v) is 3.31. The molecule has 1 heterocycles. The molecule has 0 amide bonds. The van der Waals surface area contributed by atoms with E-state index in [9.17, 15) is 0 Å². The predicted octanol–water partition coefficient (Wildman–Crippen LogP) is 1.87. The van der Waals surface area contributed by atoms with E-state index >= 15 is 0 Å². The van der Waals surface area contributed by atoms with Crippen molar-refractivity contribution in [2.75, 3.05) is 6.61 Å². The number of thiol groups is 1. The highest BCUT2D eigenvalue weighted by Gasteiger charge is 2.17. The molecule has 1 saturated heterocycles. The van der Waals surface area contributed by atoms with Gasteiger partial charge in [-0.3, -0.25) is 0 Å². The molecule has 2 atom stereocenters. The molecule has 2 unspecified atom stereocenters. The van der Waals surface area contributed by atoms with Crippen molar-refractivity contribution < 1.29 is 4.74 Å². The lowest BCUT2D eigenvalue weighted by atomic mass is 10.1. The Bertz CT molecular complexity index is 85.0. The standard InChI is InChI=1S/C7H14OS/c1-2-6-5-7(9)3-4-8-6/h6-7,9H,2-5H2,1H3. The average molecular weight is 146 g/mol. The van der Waals surface area contributed by atoms with Crippen LogP contribution in [-0.2, 0) is 4.74 Å². The van der Waals surface area contributed by atoms with Gasteiger partial charge in [-0.1, -0.05) is 6.92 Å². The van der Waals surface area contributed by atoms with Crippen molar-refractivity contribution in [2.24, 2.45) is 0 Å². The van der Waals surface area contributed by atoms with Crippen LogP contribution >= 0.6 is 12.6 Å². The van der Waals surface area contributed by atoms with Crippen LogP contribution in [0.1, 0.15) is 26.2 Å². The van der Waals surface area contributed by atoms with Crippen molar-refractivity contribution in [3.63, 3.8) is 0 Å². The van der Waals surface area contributed by atoms with Crippen molar-refractivity contribution in [1.82, 2.24) is 0 Å². The molecule has 1 aliphatic heterocycles. The maximum Gasteiger partial charge on any atom is 0.0583 e. The molecular weight excluding hydrogens is 132 g/mol. The van der Waals surface area contributed by atoms with E-state index in [1.165, 1.54) is 0 Å². The monoisotopic (exact) mass is 146 g/mol. The summed E-state index contributed by atoms with van der Waals surface area (Å²) in [6.45, 7) is 3.07. The summed E-state index contributed by atoms with van der Waals surface area (Å²) in [5.74, 6) is 0. The summed E-state index contributed by atoms with van der Waals surface area (Å²) < 4.78 is 5.45. The molecule has 0 aromatic carbocycles. The van der Waals surface area contributed by atoms with Gasteiger partial charge in [-0.25, -0.2) is 0 Å². The fraction of sp³-hybridized carbons (Fsp3) is 1.00. The van der Waals surface area contributed by atoms with Gasteiger partial charge in [0.25, 0.3) is 0 Å². The van der Waals surface area contributed by atoms with Crippen LogP contribution in [0.15, 0.2) is 0 Å². The Balaban J connectivity index is 2.23. The number of hydrogen-bond donors (Lipinski definition) is 1. The van der Waals surface area contributed by atoms with Crippen molar-refractivity contribution in [3.8, 4) is 0 Å². The van der Waals surface area contributed by atoms with Gasteiger partial charge in [0, 0.05) is 11.9 Å². The smallest absolute Gasteiger partial charge is 0.0583 e. The van der Waals surface area contributed by atoms with Gasteiger partial charge in [-0.05, 0) is 19.3 Å². The van der Waals surface area contributed by atoms with Crippen LogP contribution in [0.5, 0.6) is 0 Å². The van der Waals surface area contributed by atoms with Gasteiger partial charge in [0.2, 0.25) is 0 Å². The largest absolute Gasteiger partial charge is 0.378 e.